The highest BCUT2D eigenvalue weighted by molar-refractivity contribution is 5.74. The Kier molecular flexibility index (Phi) is 7.36. The van der Waals surface area contributed by atoms with Crippen LogP contribution in [0, 0.1) is 5.92 Å². The van der Waals surface area contributed by atoms with E-state index >= 15 is 0 Å². The SMILES string of the molecule is COC1CCCN(C(=O)NCCC(C)CCC(=O)O)C1. The number of aliphatic carboxylic acids is 1. The summed E-state index contributed by atoms with van der Waals surface area (Å²) in [5.74, 6) is -0.459. The van der Waals surface area contributed by atoms with Crippen molar-refractivity contribution in [1.29, 1.82) is 0 Å². The summed E-state index contributed by atoms with van der Waals surface area (Å²) >= 11 is 0. The molecule has 1 fully saturated rings. The summed E-state index contributed by atoms with van der Waals surface area (Å²) in [6, 6.07) is -0.0443. The summed E-state index contributed by atoms with van der Waals surface area (Å²) < 4.78 is 5.29. The molecular weight excluding hydrogens is 260 g/mol. The van der Waals surface area contributed by atoms with Gasteiger partial charge in [0.05, 0.1) is 6.10 Å². The minimum atomic E-state index is -0.764. The maximum Gasteiger partial charge on any atom is 0.317 e. The highest BCUT2D eigenvalue weighted by atomic mass is 16.5. The van der Waals surface area contributed by atoms with E-state index in [0.717, 1.165) is 25.8 Å². The number of likely N-dealkylation sites (tertiary alicyclic amines) is 1. The van der Waals surface area contributed by atoms with Crippen LogP contribution in [0.5, 0.6) is 0 Å². The number of hydrogen-bond acceptors (Lipinski definition) is 3. The molecule has 6 heteroatoms. The van der Waals surface area contributed by atoms with Gasteiger partial charge in [-0.3, -0.25) is 4.79 Å². The van der Waals surface area contributed by atoms with E-state index in [1.807, 2.05) is 6.92 Å². The van der Waals surface area contributed by atoms with E-state index < -0.39 is 5.97 Å². The van der Waals surface area contributed by atoms with Crippen molar-refractivity contribution < 1.29 is 19.4 Å². The predicted molar refractivity (Wildman–Crippen MR) is 75.7 cm³/mol. The molecule has 2 N–H and O–H groups in total. The van der Waals surface area contributed by atoms with Gasteiger partial charge in [-0.2, -0.15) is 0 Å². The quantitative estimate of drug-likeness (QED) is 0.746. The normalized spacial score (nSPS) is 20.5. The lowest BCUT2D eigenvalue weighted by Crippen LogP contribution is -2.47. The molecule has 2 atom stereocenters. The van der Waals surface area contributed by atoms with Gasteiger partial charge in [0.2, 0.25) is 0 Å². The van der Waals surface area contributed by atoms with Gasteiger partial charge in [-0.25, -0.2) is 4.79 Å². The highest BCUT2D eigenvalue weighted by Gasteiger charge is 2.23. The molecule has 20 heavy (non-hydrogen) atoms. The van der Waals surface area contributed by atoms with Crippen molar-refractivity contribution in [2.75, 3.05) is 26.7 Å². The molecule has 0 aromatic heterocycles. The summed E-state index contributed by atoms with van der Waals surface area (Å²) in [4.78, 5) is 24.2. The van der Waals surface area contributed by atoms with Crippen LogP contribution in [-0.4, -0.2) is 54.9 Å². The second-order valence-corrected chi connectivity index (χ2v) is 5.50. The number of urea groups is 1. The number of amides is 2. The van der Waals surface area contributed by atoms with Gasteiger partial charge in [0.1, 0.15) is 0 Å². The van der Waals surface area contributed by atoms with Crippen molar-refractivity contribution in [1.82, 2.24) is 10.2 Å². The minimum Gasteiger partial charge on any atom is -0.481 e. The van der Waals surface area contributed by atoms with Crippen LogP contribution < -0.4 is 5.32 Å². The molecule has 0 radical (unpaired) electrons. The fraction of sp³-hybridized carbons (Fsp3) is 0.857. The van der Waals surface area contributed by atoms with Crippen molar-refractivity contribution in [3.63, 3.8) is 0 Å². The number of carbonyl (C=O) groups excluding carboxylic acids is 1. The predicted octanol–water partition coefficient (Wildman–Crippen LogP) is 1.70. The standard InChI is InChI=1S/C14H26N2O4/c1-11(5-6-13(17)18)7-8-15-14(19)16-9-3-4-12(10-16)20-2/h11-12H,3-10H2,1-2H3,(H,15,19)(H,17,18). The number of nitrogens with one attached hydrogen (secondary N) is 1. The van der Waals surface area contributed by atoms with Gasteiger partial charge in [0.25, 0.3) is 0 Å². The lowest BCUT2D eigenvalue weighted by Gasteiger charge is -2.32. The van der Waals surface area contributed by atoms with E-state index in [4.69, 9.17) is 9.84 Å². The first kappa shape index (κ1) is 16.8. The van der Waals surface area contributed by atoms with E-state index in [1.165, 1.54) is 0 Å². The number of piperidine rings is 1. The number of carboxylic acid groups (broad SMARTS) is 1. The number of hydrogen-bond donors (Lipinski definition) is 2. The summed E-state index contributed by atoms with van der Waals surface area (Å²) in [6.07, 6.45) is 3.77. The third-order valence-corrected chi connectivity index (χ3v) is 3.76. The maximum atomic E-state index is 12.0. The first-order valence-electron chi connectivity index (χ1n) is 7.30. The summed E-state index contributed by atoms with van der Waals surface area (Å²) in [5, 5.41) is 11.5. The molecule has 1 saturated heterocycles. The second-order valence-electron chi connectivity index (χ2n) is 5.50. The molecule has 0 aromatic carbocycles. The highest BCUT2D eigenvalue weighted by Crippen LogP contribution is 2.13. The molecule has 116 valence electrons. The molecule has 2 amide bonds. The number of carbonyl (C=O) groups is 2. The van der Waals surface area contributed by atoms with Crippen LogP contribution in [0.15, 0.2) is 0 Å². The average molecular weight is 286 g/mol. The fourth-order valence-corrected chi connectivity index (χ4v) is 2.37. The van der Waals surface area contributed by atoms with Gasteiger partial charge in [0, 0.05) is 33.2 Å². The first-order valence-corrected chi connectivity index (χ1v) is 7.30. The zero-order chi connectivity index (χ0) is 15.0. The van der Waals surface area contributed by atoms with E-state index in [1.54, 1.807) is 12.0 Å². The van der Waals surface area contributed by atoms with Gasteiger partial charge in [-0.15, -0.1) is 0 Å². The zero-order valence-electron chi connectivity index (χ0n) is 12.4. The van der Waals surface area contributed by atoms with Crippen molar-refractivity contribution in [2.24, 2.45) is 5.92 Å². The molecular formula is C14H26N2O4. The summed E-state index contributed by atoms with van der Waals surface area (Å²) in [5.41, 5.74) is 0. The van der Waals surface area contributed by atoms with E-state index in [-0.39, 0.29) is 18.6 Å². The first-order chi connectivity index (χ1) is 9.52. The molecule has 1 rings (SSSR count). The van der Waals surface area contributed by atoms with Gasteiger partial charge >= 0.3 is 12.0 Å². The smallest absolute Gasteiger partial charge is 0.317 e. The Labute approximate surface area is 120 Å². The minimum absolute atomic E-state index is 0.0443. The molecule has 0 aromatic rings. The van der Waals surface area contributed by atoms with Gasteiger partial charge in [0.15, 0.2) is 0 Å². The molecule has 2 unspecified atom stereocenters. The van der Waals surface area contributed by atoms with Crippen LogP contribution in [0.1, 0.15) is 39.0 Å². The maximum absolute atomic E-state index is 12.0. The van der Waals surface area contributed by atoms with Crippen molar-refractivity contribution in [3.8, 4) is 0 Å². The van der Waals surface area contributed by atoms with Crippen LogP contribution in [0.4, 0.5) is 4.79 Å². The molecule has 1 heterocycles. The van der Waals surface area contributed by atoms with E-state index in [2.05, 4.69) is 5.32 Å². The third kappa shape index (κ3) is 6.23. The number of carboxylic acids is 1. The Morgan fingerprint density at radius 1 is 1.45 bits per heavy atom. The zero-order valence-corrected chi connectivity index (χ0v) is 12.4. The lowest BCUT2D eigenvalue weighted by atomic mass is 10.0. The topological polar surface area (TPSA) is 78.9 Å². The molecule has 6 nitrogen and oxygen atoms in total. The van der Waals surface area contributed by atoms with Crippen molar-refractivity contribution in [2.45, 2.75) is 45.1 Å². The van der Waals surface area contributed by atoms with Crippen LogP contribution in [0.3, 0.4) is 0 Å². The Hall–Kier alpha value is -1.30. The van der Waals surface area contributed by atoms with E-state index in [9.17, 15) is 9.59 Å². The van der Waals surface area contributed by atoms with Gasteiger partial charge in [-0.05, 0) is 31.6 Å². The van der Waals surface area contributed by atoms with E-state index in [0.29, 0.717) is 25.4 Å². The average Bonchev–Trinajstić information content (AvgIpc) is 2.45. The summed E-state index contributed by atoms with van der Waals surface area (Å²) in [6.45, 7) is 4.03. The number of methoxy groups -OCH3 is 1. The number of nitrogens with zero attached hydrogens (tertiary/aromatic N) is 1. The van der Waals surface area contributed by atoms with Crippen LogP contribution in [0.2, 0.25) is 0 Å². The van der Waals surface area contributed by atoms with Crippen LogP contribution >= 0.6 is 0 Å². The molecule has 0 aliphatic carbocycles. The Balaban J connectivity index is 2.17. The Bertz CT molecular complexity index is 322. The van der Waals surface area contributed by atoms with Crippen molar-refractivity contribution >= 4 is 12.0 Å². The Morgan fingerprint density at radius 2 is 2.20 bits per heavy atom. The van der Waals surface area contributed by atoms with Crippen molar-refractivity contribution in [3.05, 3.63) is 0 Å². The molecule has 1 aliphatic rings. The fourth-order valence-electron chi connectivity index (χ4n) is 2.37. The molecule has 1 aliphatic heterocycles. The van der Waals surface area contributed by atoms with Gasteiger partial charge < -0.3 is 20.1 Å². The van der Waals surface area contributed by atoms with Crippen LogP contribution in [0.25, 0.3) is 0 Å². The number of ether oxygens (including phenoxy) is 1. The lowest BCUT2D eigenvalue weighted by molar-refractivity contribution is -0.137. The largest absolute Gasteiger partial charge is 0.481 e. The van der Waals surface area contributed by atoms with Gasteiger partial charge in [-0.1, -0.05) is 6.92 Å². The third-order valence-electron chi connectivity index (χ3n) is 3.76. The Morgan fingerprint density at radius 3 is 2.85 bits per heavy atom. The second kappa shape index (κ2) is 8.79. The summed E-state index contributed by atoms with van der Waals surface area (Å²) in [7, 11) is 1.68. The number of rotatable bonds is 7. The monoisotopic (exact) mass is 286 g/mol. The molecule has 0 saturated carbocycles. The molecule has 0 spiro atoms. The van der Waals surface area contributed by atoms with Crippen LogP contribution in [-0.2, 0) is 9.53 Å². The molecule has 0 bridgehead atoms.